The van der Waals surface area contributed by atoms with Crippen molar-refractivity contribution in [3.63, 3.8) is 0 Å². The molecule has 2 atom stereocenters. The van der Waals surface area contributed by atoms with E-state index < -0.39 is 45.2 Å². The molecule has 6 N–H and O–H groups in total. The van der Waals surface area contributed by atoms with Crippen molar-refractivity contribution in [2.45, 2.75) is 69.0 Å². The molecular weight excluding hydrogens is 512 g/mol. The summed E-state index contributed by atoms with van der Waals surface area (Å²) < 4.78 is 28.0. The first-order valence-electron chi connectivity index (χ1n) is 10.6. The van der Waals surface area contributed by atoms with Gasteiger partial charge >= 0.3 is 26.7 Å². The largest absolute Gasteiger partial charge is 0.420 e. The van der Waals surface area contributed by atoms with Gasteiger partial charge in [-0.2, -0.15) is 0 Å². The fraction of sp³-hybridized carbons (Fsp3) is 0.875. The maximum absolute atomic E-state index is 12.3. The van der Waals surface area contributed by atoms with Crippen LogP contribution in [0.5, 0.6) is 0 Å². The summed E-state index contributed by atoms with van der Waals surface area (Å²) in [5.41, 5.74) is 10.9. The summed E-state index contributed by atoms with van der Waals surface area (Å²) >= 11 is 0. The van der Waals surface area contributed by atoms with Gasteiger partial charge in [-0.15, -0.1) is 0 Å². The summed E-state index contributed by atoms with van der Waals surface area (Å²) in [5, 5.41) is 19.4. The van der Waals surface area contributed by atoms with E-state index in [4.69, 9.17) is 11.1 Å². The number of nitrogens with zero attached hydrogens (tertiary/aromatic N) is 6. The molecule has 0 bridgehead atoms. The summed E-state index contributed by atoms with van der Waals surface area (Å²) in [4.78, 5) is 67.1. The predicted octanol–water partition coefficient (Wildman–Crippen LogP) is 2.15. The Labute approximate surface area is 200 Å². The van der Waals surface area contributed by atoms with Crippen LogP contribution in [0.15, 0.2) is 10.2 Å². The minimum atomic E-state index is -5.51. The molecule has 0 aliphatic heterocycles. The van der Waals surface area contributed by atoms with Crippen LogP contribution in [0.1, 0.15) is 57.8 Å². The van der Waals surface area contributed by atoms with E-state index in [9.17, 15) is 43.4 Å². The molecule has 2 unspecified atom stereocenters. The topological polar surface area (TPSA) is 288 Å². The van der Waals surface area contributed by atoms with E-state index in [-0.39, 0.29) is 44.7 Å². The van der Waals surface area contributed by atoms with Gasteiger partial charge in [-0.25, -0.2) is 0 Å². The molecule has 200 valence electrons. The highest BCUT2D eigenvalue weighted by molar-refractivity contribution is 7.54. The molecule has 0 aromatic heterocycles. The van der Waals surface area contributed by atoms with E-state index in [1.54, 1.807) is 0 Å². The highest BCUT2D eigenvalue weighted by Gasteiger charge is 2.51. The second-order valence-corrected chi connectivity index (χ2v) is 11.1. The minimum Gasteiger partial charge on any atom is -0.420 e. The number of hydrogen-bond donors (Lipinski definition) is 6. The van der Waals surface area contributed by atoms with Crippen LogP contribution in [0, 0.1) is 0 Å². The van der Waals surface area contributed by atoms with Crippen LogP contribution < -0.4 is 5.32 Å². The Morgan fingerprint density at radius 1 is 0.943 bits per heavy atom. The Hall–Kier alpha value is -2.18. The van der Waals surface area contributed by atoms with Gasteiger partial charge in [0.2, 0.25) is 5.91 Å². The fourth-order valence-electron chi connectivity index (χ4n) is 2.80. The van der Waals surface area contributed by atoms with Crippen LogP contribution in [0.4, 0.5) is 0 Å². The van der Waals surface area contributed by atoms with Gasteiger partial charge in [0.25, 0.3) is 0 Å². The standard InChI is InChI=1S/C16H31N7O10P2/c17-22-20-11-4-1-2-8-14(24)19-10-6-9-16(26,35(30,31)32)33-15(25)13(34(27,28)29)7-3-5-12-21-23-18/h13,26H,1-12H2,(H,19,24)(H2,27,28,29)(H2,30,31,32). The lowest BCUT2D eigenvalue weighted by molar-refractivity contribution is -0.186. The maximum atomic E-state index is 12.3. The van der Waals surface area contributed by atoms with Crippen molar-refractivity contribution in [3.8, 4) is 0 Å². The van der Waals surface area contributed by atoms with Crippen molar-refractivity contribution in [2.75, 3.05) is 19.6 Å². The zero-order chi connectivity index (χ0) is 27.0. The third-order valence-corrected chi connectivity index (χ3v) is 7.18. The number of nitrogens with one attached hydrogen (secondary N) is 1. The predicted molar refractivity (Wildman–Crippen MR) is 122 cm³/mol. The summed E-state index contributed by atoms with van der Waals surface area (Å²) in [6.07, 6.45) is 0.639. The summed E-state index contributed by atoms with van der Waals surface area (Å²) in [7, 11) is -10.6. The number of carbonyl (C=O) groups is 2. The molecule has 0 fully saturated rings. The van der Waals surface area contributed by atoms with Gasteiger partial charge in [-0.3, -0.25) is 18.7 Å². The molecule has 0 heterocycles. The van der Waals surface area contributed by atoms with Crippen molar-refractivity contribution >= 4 is 27.1 Å². The van der Waals surface area contributed by atoms with Gasteiger partial charge in [0.15, 0.2) is 5.66 Å². The van der Waals surface area contributed by atoms with Crippen LogP contribution in [-0.2, 0) is 23.5 Å². The van der Waals surface area contributed by atoms with Crippen LogP contribution in [-0.4, -0.2) is 67.4 Å². The second-order valence-electron chi connectivity index (χ2n) is 7.48. The Morgan fingerprint density at radius 3 is 2.03 bits per heavy atom. The maximum Gasteiger partial charge on any atom is 0.396 e. The number of ether oxygens (including phenoxy) is 1. The Morgan fingerprint density at radius 2 is 1.51 bits per heavy atom. The van der Waals surface area contributed by atoms with Crippen LogP contribution >= 0.6 is 15.2 Å². The molecule has 35 heavy (non-hydrogen) atoms. The molecule has 19 heteroatoms. The lowest BCUT2D eigenvalue weighted by atomic mass is 10.2. The molecule has 0 radical (unpaired) electrons. The van der Waals surface area contributed by atoms with Crippen molar-refractivity contribution in [2.24, 2.45) is 10.2 Å². The summed E-state index contributed by atoms with van der Waals surface area (Å²) in [5.74, 6) is -2.06. The van der Waals surface area contributed by atoms with E-state index >= 15 is 0 Å². The third-order valence-electron chi connectivity index (χ3n) is 4.67. The Balaban J connectivity index is 4.87. The van der Waals surface area contributed by atoms with E-state index in [2.05, 4.69) is 30.1 Å². The van der Waals surface area contributed by atoms with E-state index in [0.29, 0.717) is 25.8 Å². The van der Waals surface area contributed by atoms with Crippen molar-refractivity contribution in [3.05, 3.63) is 20.9 Å². The fourth-order valence-corrected chi connectivity index (χ4v) is 4.30. The van der Waals surface area contributed by atoms with Gasteiger partial charge in [-0.05, 0) is 43.2 Å². The van der Waals surface area contributed by atoms with Gasteiger partial charge in [0.05, 0.1) is 0 Å². The van der Waals surface area contributed by atoms with Crippen LogP contribution in [0.25, 0.3) is 20.9 Å². The molecule has 0 spiro atoms. The molecule has 0 rings (SSSR count). The Kier molecular flexibility index (Phi) is 15.5. The molecule has 0 saturated carbocycles. The molecule has 0 saturated heterocycles. The quantitative estimate of drug-likeness (QED) is 0.0262. The average Bonchev–Trinajstić information content (AvgIpc) is 2.74. The van der Waals surface area contributed by atoms with E-state index in [1.165, 1.54) is 0 Å². The summed E-state index contributed by atoms with van der Waals surface area (Å²) in [6.45, 7) is 0.197. The van der Waals surface area contributed by atoms with Gasteiger partial charge in [0.1, 0.15) is 0 Å². The summed E-state index contributed by atoms with van der Waals surface area (Å²) in [6, 6.07) is 0. The molecule has 0 aromatic rings. The smallest absolute Gasteiger partial charge is 0.396 e. The Bertz CT molecular complexity index is 882. The molecular formula is C16H31N7O10P2. The number of rotatable bonds is 19. The lowest BCUT2D eigenvalue weighted by Crippen LogP contribution is -2.39. The first-order valence-corrected chi connectivity index (χ1v) is 13.9. The van der Waals surface area contributed by atoms with Crippen molar-refractivity contribution in [1.29, 1.82) is 0 Å². The van der Waals surface area contributed by atoms with Gasteiger partial charge in [0, 0.05) is 42.3 Å². The number of carbonyl (C=O) groups excluding carboxylic acids is 2. The second kappa shape index (κ2) is 16.5. The minimum absolute atomic E-state index is 0.00725. The van der Waals surface area contributed by atoms with Crippen LogP contribution in [0.3, 0.4) is 0 Å². The van der Waals surface area contributed by atoms with Gasteiger partial charge in [-0.1, -0.05) is 23.1 Å². The SMILES string of the molecule is [N-]=[N+]=NCCCCCC(=O)NCCCC(O)(OC(=O)C(CCCCN=[N+]=[N-])P(=O)(O)O)P(=O)(O)O. The van der Waals surface area contributed by atoms with E-state index in [0.717, 1.165) is 0 Å². The van der Waals surface area contributed by atoms with E-state index in [1.807, 2.05) is 0 Å². The average molecular weight is 543 g/mol. The number of azide groups is 2. The normalized spacial score (nSPS) is 14.1. The molecule has 0 aliphatic rings. The number of aliphatic hydroxyl groups is 1. The zero-order valence-corrected chi connectivity index (χ0v) is 20.7. The zero-order valence-electron chi connectivity index (χ0n) is 18.9. The van der Waals surface area contributed by atoms with Gasteiger partial charge < -0.3 is 34.7 Å². The monoisotopic (exact) mass is 543 g/mol. The van der Waals surface area contributed by atoms with Crippen molar-refractivity contribution < 1.29 is 48.1 Å². The molecule has 0 aromatic carbocycles. The molecule has 1 amide bonds. The lowest BCUT2D eigenvalue weighted by Gasteiger charge is -2.30. The highest BCUT2D eigenvalue weighted by atomic mass is 31.2. The van der Waals surface area contributed by atoms with Crippen LogP contribution in [0.2, 0.25) is 0 Å². The number of hydrogen-bond acceptors (Lipinski definition) is 8. The highest BCUT2D eigenvalue weighted by Crippen LogP contribution is 2.53. The number of unbranched alkanes of at least 4 members (excludes halogenated alkanes) is 3. The number of esters is 1. The molecule has 17 nitrogen and oxygen atoms in total. The first kappa shape index (κ1) is 32.8. The molecule has 0 aliphatic carbocycles. The number of amides is 1. The third kappa shape index (κ3) is 14.1. The van der Waals surface area contributed by atoms with Crippen molar-refractivity contribution in [1.82, 2.24) is 5.32 Å². The first-order chi connectivity index (χ1) is 16.3.